The van der Waals surface area contributed by atoms with Gasteiger partial charge >= 0.3 is 0 Å². The van der Waals surface area contributed by atoms with Crippen LogP contribution >= 0.6 is 11.3 Å². The van der Waals surface area contributed by atoms with Crippen molar-refractivity contribution in [1.29, 1.82) is 0 Å². The lowest BCUT2D eigenvalue weighted by Gasteiger charge is -2.06. The second-order valence-corrected chi connectivity index (χ2v) is 8.93. The Labute approximate surface area is 166 Å². The number of imidazole rings is 1. The molecule has 1 N–H and O–H groups in total. The van der Waals surface area contributed by atoms with Crippen molar-refractivity contribution in [2.45, 2.75) is 11.9 Å². The minimum absolute atomic E-state index is 0.00306. The maximum atomic E-state index is 12.5. The Bertz CT molecular complexity index is 1240. The van der Waals surface area contributed by atoms with Crippen LogP contribution in [0.3, 0.4) is 0 Å². The third kappa shape index (κ3) is 3.46. The number of hydrogen-bond donors (Lipinski definition) is 1. The van der Waals surface area contributed by atoms with Crippen LogP contribution in [0.5, 0.6) is 5.75 Å². The summed E-state index contributed by atoms with van der Waals surface area (Å²) < 4.78 is 35.5. The molecule has 7 nitrogen and oxygen atoms in total. The molecule has 2 aromatic carbocycles. The van der Waals surface area contributed by atoms with E-state index in [0.29, 0.717) is 11.5 Å². The van der Waals surface area contributed by atoms with E-state index in [1.54, 1.807) is 49.1 Å². The SMILES string of the molecule is COc1ccc2nc(-c3ccc(NS(=O)(=O)c4cn(C)c(C)n4)cc3)sc2c1. The molecule has 0 fully saturated rings. The fourth-order valence-electron chi connectivity index (χ4n) is 2.70. The van der Waals surface area contributed by atoms with Gasteiger partial charge in [-0.05, 0) is 49.4 Å². The van der Waals surface area contributed by atoms with Crippen LogP contribution in [-0.2, 0) is 17.1 Å². The van der Waals surface area contributed by atoms with Gasteiger partial charge in [0, 0.05) is 24.5 Å². The van der Waals surface area contributed by atoms with Crippen molar-refractivity contribution in [2.75, 3.05) is 11.8 Å². The van der Waals surface area contributed by atoms with Gasteiger partial charge in [-0.25, -0.2) is 9.97 Å². The number of methoxy groups -OCH3 is 1. The van der Waals surface area contributed by atoms with Crippen LogP contribution in [0.4, 0.5) is 5.69 Å². The van der Waals surface area contributed by atoms with Crippen molar-refractivity contribution in [2.24, 2.45) is 7.05 Å². The molecule has 2 aromatic heterocycles. The monoisotopic (exact) mass is 414 g/mol. The van der Waals surface area contributed by atoms with Crippen molar-refractivity contribution in [3.63, 3.8) is 0 Å². The molecule has 0 saturated heterocycles. The highest BCUT2D eigenvalue weighted by atomic mass is 32.2. The average Bonchev–Trinajstić information content (AvgIpc) is 3.25. The number of rotatable bonds is 5. The van der Waals surface area contributed by atoms with E-state index in [-0.39, 0.29) is 5.03 Å². The number of nitrogens with zero attached hydrogens (tertiary/aromatic N) is 3. The first kappa shape index (κ1) is 18.5. The van der Waals surface area contributed by atoms with Gasteiger partial charge in [-0.2, -0.15) is 8.42 Å². The zero-order valence-corrected chi connectivity index (χ0v) is 17.1. The largest absolute Gasteiger partial charge is 0.497 e. The molecule has 144 valence electrons. The number of ether oxygens (including phenoxy) is 1. The molecule has 2 heterocycles. The van der Waals surface area contributed by atoms with Crippen molar-refractivity contribution >= 4 is 37.3 Å². The van der Waals surface area contributed by atoms with Gasteiger partial charge in [-0.3, -0.25) is 4.72 Å². The molecule has 0 atom stereocenters. The number of benzene rings is 2. The summed E-state index contributed by atoms with van der Waals surface area (Å²) in [6.07, 6.45) is 1.49. The van der Waals surface area contributed by atoms with Gasteiger partial charge in [-0.1, -0.05) is 0 Å². The van der Waals surface area contributed by atoms with Gasteiger partial charge in [0.15, 0.2) is 5.03 Å². The van der Waals surface area contributed by atoms with Crippen LogP contribution in [0.2, 0.25) is 0 Å². The Balaban J connectivity index is 1.58. The van der Waals surface area contributed by atoms with E-state index < -0.39 is 10.0 Å². The molecule has 0 bridgehead atoms. The van der Waals surface area contributed by atoms with E-state index in [2.05, 4.69) is 14.7 Å². The summed E-state index contributed by atoms with van der Waals surface area (Å²) in [7, 11) is -0.342. The highest BCUT2D eigenvalue weighted by molar-refractivity contribution is 7.92. The molecule has 0 saturated carbocycles. The second-order valence-electron chi connectivity index (χ2n) is 6.27. The zero-order chi connectivity index (χ0) is 19.9. The fourth-order valence-corrected chi connectivity index (χ4v) is 4.80. The third-order valence-corrected chi connectivity index (χ3v) is 6.66. The Hall–Kier alpha value is -2.91. The van der Waals surface area contributed by atoms with Crippen LogP contribution in [0, 0.1) is 6.92 Å². The van der Waals surface area contributed by atoms with Crippen LogP contribution < -0.4 is 9.46 Å². The van der Waals surface area contributed by atoms with Gasteiger partial charge in [0.25, 0.3) is 10.0 Å². The summed E-state index contributed by atoms with van der Waals surface area (Å²) in [5, 5.41) is 0.856. The van der Waals surface area contributed by atoms with Crippen LogP contribution in [-0.4, -0.2) is 30.1 Å². The number of fused-ring (bicyclic) bond motifs is 1. The van der Waals surface area contributed by atoms with E-state index in [1.807, 2.05) is 30.3 Å². The molecule has 9 heteroatoms. The second kappa shape index (κ2) is 6.92. The Morgan fingerprint density at radius 1 is 1.11 bits per heavy atom. The highest BCUT2D eigenvalue weighted by Gasteiger charge is 2.18. The molecule has 4 rings (SSSR count). The molecule has 0 aliphatic heterocycles. The maximum absolute atomic E-state index is 12.5. The van der Waals surface area contributed by atoms with Crippen molar-refractivity contribution < 1.29 is 13.2 Å². The molecule has 4 aromatic rings. The topological polar surface area (TPSA) is 86.1 Å². The van der Waals surface area contributed by atoms with Crippen molar-refractivity contribution in [1.82, 2.24) is 14.5 Å². The fraction of sp³-hybridized carbons (Fsp3) is 0.158. The Morgan fingerprint density at radius 3 is 2.50 bits per heavy atom. The molecular formula is C19H18N4O3S2. The minimum Gasteiger partial charge on any atom is -0.497 e. The summed E-state index contributed by atoms with van der Waals surface area (Å²) in [6.45, 7) is 1.75. The summed E-state index contributed by atoms with van der Waals surface area (Å²) in [5.74, 6) is 1.42. The van der Waals surface area contributed by atoms with Gasteiger partial charge in [0.05, 0.1) is 17.3 Å². The summed E-state index contributed by atoms with van der Waals surface area (Å²) in [6, 6.07) is 12.9. The van der Waals surface area contributed by atoms with Crippen LogP contribution in [0.15, 0.2) is 53.7 Å². The number of aryl methyl sites for hydroxylation is 2. The summed E-state index contributed by atoms with van der Waals surface area (Å²) in [4.78, 5) is 8.71. The van der Waals surface area contributed by atoms with Crippen molar-refractivity contribution in [3.8, 4) is 16.3 Å². The van der Waals surface area contributed by atoms with E-state index in [9.17, 15) is 8.42 Å². The van der Waals surface area contributed by atoms with Gasteiger partial charge in [-0.15, -0.1) is 11.3 Å². The number of thiazole rings is 1. The number of hydrogen-bond acceptors (Lipinski definition) is 6. The Morgan fingerprint density at radius 2 is 1.86 bits per heavy atom. The molecule has 0 amide bonds. The standard InChI is InChI=1S/C19H18N4O3S2/c1-12-20-18(11-23(12)2)28(24,25)22-14-6-4-13(5-7-14)19-21-16-9-8-15(26-3)10-17(16)27-19/h4-11,22H,1-3H3. The van der Waals surface area contributed by atoms with Gasteiger partial charge in [0.1, 0.15) is 16.6 Å². The lowest BCUT2D eigenvalue weighted by atomic mass is 10.2. The van der Waals surface area contributed by atoms with Crippen molar-refractivity contribution in [3.05, 3.63) is 54.5 Å². The normalized spacial score (nSPS) is 11.7. The predicted octanol–water partition coefficient (Wildman–Crippen LogP) is 3.81. The quantitative estimate of drug-likeness (QED) is 0.537. The maximum Gasteiger partial charge on any atom is 0.280 e. The Kier molecular flexibility index (Phi) is 4.56. The summed E-state index contributed by atoms with van der Waals surface area (Å²) >= 11 is 1.56. The molecule has 0 aliphatic carbocycles. The number of anilines is 1. The predicted molar refractivity (Wildman–Crippen MR) is 110 cm³/mol. The van der Waals surface area contributed by atoms with Gasteiger partial charge < -0.3 is 9.30 Å². The number of sulfonamides is 1. The van der Waals surface area contributed by atoms with E-state index >= 15 is 0 Å². The highest BCUT2D eigenvalue weighted by Crippen LogP contribution is 2.33. The first-order chi connectivity index (χ1) is 13.4. The summed E-state index contributed by atoms with van der Waals surface area (Å²) in [5.41, 5.74) is 2.28. The molecule has 28 heavy (non-hydrogen) atoms. The van der Waals surface area contributed by atoms with E-state index in [0.717, 1.165) is 26.5 Å². The molecule has 0 radical (unpaired) electrons. The number of nitrogens with one attached hydrogen (secondary N) is 1. The lowest BCUT2D eigenvalue weighted by Crippen LogP contribution is -2.13. The van der Waals surface area contributed by atoms with E-state index in [4.69, 9.17) is 4.74 Å². The minimum atomic E-state index is -3.73. The van der Waals surface area contributed by atoms with Crippen LogP contribution in [0.25, 0.3) is 20.8 Å². The van der Waals surface area contributed by atoms with E-state index in [1.165, 1.54) is 6.20 Å². The molecule has 0 unspecified atom stereocenters. The average molecular weight is 415 g/mol. The smallest absolute Gasteiger partial charge is 0.280 e. The third-order valence-electron chi connectivity index (χ3n) is 4.34. The molecule has 0 aliphatic rings. The molecule has 0 spiro atoms. The van der Waals surface area contributed by atoms with Crippen LogP contribution in [0.1, 0.15) is 5.82 Å². The zero-order valence-electron chi connectivity index (χ0n) is 15.5. The first-order valence-electron chi connectivity index (χ1n) is 8.43. The van der Waals surface area contributed by atoms with Gasteiger partial charge in [0.2, 0.25) is 0 Å². The number of aromatic nitrogens is 3. The first-order valence-corrected chi connectivity index (χ1v) is 10.7. The lowest BCUT2D eigenvalue weighted by molar-refractivity contribution is 0.415. The molecular weight excluding hydrogens is 396 g/mol.